The van der Waals surface area contributed by atoms with Crippen molar-refractivity contribution < 1.29 is 14.3 Å². The fourth-order valence-corrected chi connectivity index (χ4v) is 8.30. The van der Waals surface area contributed by atoms with Gasteiger partial charge in [0.05, 0.1) is 24.7 Å². The Balaban J connectivity index is 1.27. The smallest absolute Gasteiger partial charge is 0.306 e. The first-order valence-electron chi connectivity index (χ1n) is 17.8. The van der Waals surface area contributed by atoms with E-state index in [9.17, 15) is 14.3 Å². The van der Waals surface area contributed by atoms with Crippen LogP contribution in [0.2, 0.25) is 0 Å². The largest absolute Gasteiger partial charge is 0.481 e. The van der Waals surface area contributed by atoms with Gasteiger partial charge < -0.3 is 20.6 Å². The molecule has 2 aromatic heterocycles. The van der Waals surface area contributed by atoms with E-state index in [2.05, 4.69) is 40.7 Å². The Labute approximate surface area is 278 Å². The second kappa shape index (κ2) is 15.2. The van der Waals surface area contributed by atoms with Gasteiger partial charge in [-0.2, -0.15) is 5.10 Å². The zero-order valence-corrected chi connectivity index (χ0v) is 28.3. The first-order chi connectivity index (χ1) is 22.8. The van der Waals surface area contributed by atoms with Crippen molar-refractivity contribution in [1.29, 1.82) is 0 Å². The Morgan fingerprint density at radius 1 is 1.13 bits per heavy atom. The van der Waals surface area contributed by atoms with Gasteiger partial charge in [-0.1, -0.05) is 32.0 Å². The van der Waals surface area contributed by atoms with Crippen LogP contribution in [-0.2, 0) is 31.2 Å². The minimum atomic E-state index is -0.663. The number of nitrogens with one attached hydrogen (secondary N) is 2. The van der Waals surface area contributed by atoms with Crippen LogP contribution in [0.4, 0.5) is 10.2 Å². The molecule has 0 bridgehead atoms. The van der Waals surface area contributed by atoms with Crippen molar-refractivity contribution in [1.82, 2.24) is 30.0 Å². The van der Waals surface area contributed by atoms with Gasteiger partial charge >= 0.3 is 5.97 Å². The molecule has 0 amide bonds. The maximum Gasteiger partial charge on any atom is 0.306 e. The summed E-state index contributed by atoms with van der Waals surface area (Å²) in [6.45, 7) is 8.11. The zero-order chi connectivity index (χ0) is 32.9. The third-order valence-electron chi connectivity index (χ3n) is 10.9. The van der Waals surface area contributed by atoms with Gasteiger partial charge in [0, 0.05) is 49.2 Å². The molecule has 3 heterocycles. The summed E-state index contributed by atoms with van der Waals surface area (Å²) < 4.78 is 16.8. The average Bonchev–Trinajstić information content (AvgIpc) is 3.51. The molecule has 10 heteroatoms. The van der Waals surface area contributed by atoms with E-state index in [1.807, 2.05) is 30.1 Å². The summed E-state index contributed by atoms with van der Waals surface area (Å²) in [7, 11) is 1.96. The van der Waals surface area contributed by atoms with Gasteiger partial charge in [-0.15, -0.1) is 0 Å². The number of nitrogens with zero attached hydrogens (tertiary/aromatic N) is 5. The lowest BCUT2D eigenvalue weighted by atomic mass is 9.78. The monoisotopic (exact) mass is 645 g/mol. The first kappa shape index (κ1) is 33.5. The molecular weight excluding hydrogens is 593 g/mol. The Hall–Kier alpha value is -3.37. The summed E-state index contributed by atoms with van der Waals surface area (Å²) in [5.74, 6) is 1.80. The predicted molar refractivity (Wildman–Crippen MR) is 182 cm³/mol. The van der Waals surface area contributed by atoms with Crippen molar-refractivity contribution in [2.45, 2.75) is 103 Å². The summed E-state index contributed by atoms with van der Waals surface area (Å²) >= 11 is 0. The number of likely N-dealkylation sites (tertiary alicyclic amines) is 1. The number of piperidine rings is 1. The number of anilines is 1. The summed E-state index contributed by atoms with van der Waals surface area (Å²) in [6, 6.07) is 7.44. The van der Waals surface area contributed by atoms with Crippen molar-refractivity contribution in [3.05, 3.63) is 70.7 Å². The molecule has 0 spiro atoms. The lowest BCUT2D eigenvalue weighted by Crippen LogP contribution is -2.39. The maximum absolute atomic E-state index is 15.0. The van der Waals surface area contributed by atoms with Gasteiger partial charge in [0.15, 0.2) is 0 Å². The Kier molecular flexibility index (Phi) is 10.9. The second-order valence-electron chi connectivity index (χ2n) is 14.4. The first-order valence-corrected chi connectivity index (χ1v) is 17.8. The molecule has 1 aromatic carbocycles. The maximum atomic E-state index is 15.0. The highest BCUT2D eigenvalue weighted by molar-refractivity contribution is 5.70. The second-order valence-corrected chi connectivity index (χ2v) is 14.4. The number of carboxylic acid groups (broad SMARTS) is 1. The number of aryl methyl sites for hydroxylation is 2. The molecule has 2 aliphatic carbocycles. The summed E-state index contributed by atoms with van der Waals surface area (Å²) in [6.07, 6.45) is 13.2. The Morgan fingerprint density at radius 3 is 2.64 bits per heavy atom. The number of benzene rings is 1. The van der Waals surface area contributed by atoms with Gasteiger partial charge in [0.25, 0.3) is 0 Å². The van der Waals surface area contributed by atoms with Crippen LogP contribution >= 0.6 is 0 Å². The predicted octanol–water partition coefficient (Wildman–Crippen LogP) is 6.27. The van der Waals surface area contributed by atoms with Gasteiger partial charge in [-0.05, 0) is 100 Å². The normalized spacial score (nSPS) is 24.8. The number of carbonyl (C=O) groups is 1. The minimum absolute atomic E-state index is 0.00421. The molecule has 9 nitrogen and oxygen atoms in total. The average molecular weight is 646 g/mol. The van der Waals surface area contributed by atoms with Gasteiger partial charge in [-0.25, -0.2) is 14.4 Å². The van der Waals surface area contributed by atoms with Crippen molar-refractivity contribution >= 4 is 11.8 Å². The SMILES string of the molecule is CC[C@@H](NCc1nc2c(c(N[C@@H](CN3CCC[C@H](C)C3)c3cnn(C)c3)n1)C[C@H](c1ccccc1F)CC2)C1CCC(C(=O)O)CC1. The third-order valence-corrected chi connectivity index (χ3v) is 10.9. The van der Waals surface area contributed by atoms with Crippen LogP contribution in [0.15, 0.2) is 36.7 Å². The molecule has 1 saturated heterocycles. The molecule has 6 rings (SSSR count). The van der Waals surface area contributed by atoms with E-state index in [-0.39, 0.29) is 29.7 Å². The lowest BCUT2D eigenvalue weighted by molar-refractivity contribution is -0.143. The van der Waals surface area contributed by atoms with E-state index in [1.165, 1.54) is 12.8 Å². The summed E-state index contributed by atoms with van der Waals surface area (Å²) in [5, 5.41) is 21.6. The molecule has 3 N–H and O–H groups in total. The standard InChI is InChI=1S/C37H52FN7O2/c1-4-32(25-11-13-26(14-12-25)37(46)47)39-20-35-41-33-16-15-27(29-9-5-6-10-31(29)38)18-30(33)36(43-35)42-34(28-19-40-44(3)22-28)23-45-17-7-8-24(2)21-45/h5-6,9-10,19,22,24-27,32,34,39H,4,7-8,11-18,20-21,23H2,1-3H3,(H,46,47)(H,41,42,43)/t24-,25?,26?,27+,32+,34-/m0/s1. The van der Waals surface area contributed by atoms with E-state index in [0.717, 1.165) is 98.6 Å². The van der Waals surface area contributed by atoms with Crippen molar-refractivity contribution in [3.63, 3.8) is 0 Å². The Bertz CT molecular complexity index is 1500. The fourth-order valence-electron chi connectivity index (χ4n) is 8.30. The number of halogens is 1. The molecule has 47 heavy (non-hydrogen) atoms. The van der Waals surface area contributed by atoms with E-state index in [1.54, 1.807) is 12.1 Å². The number of fused-ring (bicyclic) bond motifs is 1. The molecule has 4 atom stereocenters. The molecule has 1 aliphatic heterocycles. The molecule has 1 saturated carbocycles. The van der Waals surface area contributed by atoms with Crippen LogP contribution in [0.5, 0.6) is 0 Å². The molecule has 0 radical (unpaired) electrons. The lowest BCUT2D eigenvalue weighted by Gasteiger charge is -2.35. The van der Waals surface area contributed by atoms with Gasteiger partial charge in [0.1, 0.15) is 17.5 Å². The molecule has 254 valence electrons. The van der Waals surface area contributed by atoms with Crippen LogP contribution in [0, 0.1) is 23.6 Å². The van der Waals surface area contributed by atoms with Crippen LogP contribution in [0.1, 0.15) is 105 Å². The quantitative estimate of drug-likeness (QED) is 0.212. The number of hydrogen-bond donors (Lipinski definition) is 3. The highest BCUT2D eigenvalue weighted by atomic mass is 19.1. The van der Waals surface area contributed by atoms with E-state index in [4.69, 9.17) is 9.97 Å². The topological polar surface area (TPSA) is 108 Å². The minimum Gasteiger partial charge on any atom is -0.481 e. The number of aliphatic carboxylic acids is 1. The third kappa shape index (κ3) is 8.20. The summed E-state index contributed by atoms with van der Waals surface area (Å²) in [4.78, 5) is 24.4. The van der Waals surface area contributed by atoms with Crippen molar-refractivity contribution in [3.8, 4) is 0 Å². The summed E-state index contributed by atoms with van der Waals surface area (Å²) in [5.41, 5.74) is 4.04. The van der Waals surface area contributed by atoms with E-state index in [0.29, 0.717) is 24.8 Å². The van der Waals surface area contributed by atoms with E-state index >= 15 is 0 Å². The molecular formula is C37H52FN7O2. The van der Waals surface area contributed by atoms with Crippen LogP contribution < -0.4 is 10.6 Å². The molecule has 3 aromatic rings. The van der Waals surface area contributed by atoms with Crippen LogP contribution in [0.25, 0.3) is 0 Å². The van der Waals surface area contributed by atoms with Gasteiger partial charge in [-0.3, -0.25) is 9.48 Å². The fraction of sp³-hybridized carbons (Fsp3) is 0.622. The van der Waals surface area contributed by atoms with Crippen LogP contribution in [0.3, 0.4) is 0 Å². The molecule has 2 fully saturated rings. The van der Waals surface area contributed by atoms with E-state index < -0.39 is 5.97 Å². The molecule has 0 unspecified atom stereocenters. The Morgan fingerprint density at radius 2 is 1.94 bits per heavy atom. The van der Waals surface area contributed by atoms with Crippen LogP contribution in [-0.4, -0.2) is 61.4 Å². The molecule has 3 aliphatic rings. The number of rotatable bonds is 12. The number of carboxylic acids is 1. The van der Waals surface area contributed by atoms with Crippen molar-refractivity contribution in [2.24, 2.45) is 24.8 Å². The number of aromatic nitrogens is 4. The van der Waals surface area contributed by atoms with Crippen molar-refractivity contribution in [2.75, 3.05) is 25.0 Å². The highest BCUT2D eigenvalue weighted by Crippen LogP contribution is 2.37. The zero-order valence-electron chi connectivity index (χ0n) is 28.3. The highest BCUT2D eigenvalue weighted by Gasteiger charge is 2.32. The van der Waals surface area contributed by atoms with Gasteiger partial charge in [0.2, 0.25) is 0 Å². The number of hydrogen-bond acceptors (Lipinski definition) is 7.